The summed E-state index contributed by atoms with van der Waals surface area (Å²) in [5.74, 6) is 0.337. The van der Waals surface area contributed by atoms with Gasteiger partial charge in [0.05, 0.1) is 11.5 Å². The minimum atomic E-state index is -0.442. The molecule has 0 N–H and O–H groups in total. The van der Waals surface area contributed by atoms with Crippen LogP contribution >= 0.6 is 22.6 Å². The Labute approximate surface area is 89.2 Å². The van der Waals surface area contributed by atoms with Crippen molar-refractivity contribution in [3.05, 3.63) is 34.4 Å². The number of hydrogen-bond donors (Lipinski definition) is 0. The van der Waals surface area contributed by atoms with Crippen LogP contribution in [0.1, 0.15) is 0 Å². The van der Waals surface area contributed by atoms with Crippen LogP contribution in [0.25, 0.3) is 0 Å². The van der Waals surface area contributed by atoms with Crippen LogP contribution in [0.4, 0.5) is 5.69 Å². The Balaban J connectivity index is 2.84. The third-order valence-electron chi connectivity index (χ3n) is 1.40. The first-order valence-corrected chi connectivity index (χ1v) is 5.20. The standard InChI is InChI=1S/C8H8INO3/c9-5-6-13-8-4-2-1-3-7(8)10(11)12/h1-4H,5-6H2. The molecule has 1 rings (SSSR count). The molecule has 0 bridgehead atoms. The van der Waals surface area contributed by atoms with E-state index in [1.165, 1.54) is 6.07 Å². The Morgan fingerprint density at radius 1 is 1.46 bits per heavy atom. The lowest BCUT2D eigenvalue weighted by molar-refractivity contribution is -0.385. The Morgan fingerprint density at radius 3 is 2.77 bits per heavy atom. The van der Waals surface area contributed by atoms with Gasteiger partial charge in [-0.15, -0.1) is 0 Å². The minimum absolute atomic E-state index is 0.0207. The molecule has 5 heteroatoms. The SMILES string of the molecule is O=[N+]([O-])c1ccccc1OCCI. The van der Waals surface area contributed by atoms with Crippen LogP contribution in [0.5, 0.6) is 5.75 Å². The summed E-state index contributed by atoms with van der Waals surface area (Å²) in [5, 5.41) is 10.5. The topological polar surface area (TPSA) is 52.4 Å². The number of halogens is 1. The highest BCUT2D eigenvalue weighted by molar-refractivity contribution is 14.1. The van der Waals surface area contributed by atoms with E-state index in [-0.39, 0.29) is 5.69 Å². The van der Waals surface area contributed by atoms with Crippen molar-refractivity contribution in [3.8, 4) is 5.75 Å². The molecule has 0 aliphatic heterocycles. The third kappa shape index (κ3) is 2.83. The Hall–Kier alpha value is -0.850. The number of nitrogens with zero attached hydrogens (tertiary/aromatic N) is 1. The molecule has 0 atom stereocenters. The van der Waals surface area contributed by atoms with Gasteiger partial charge in [-0.25, -0.2) is 0 Å². The van der Waals surface area contributed by atoms with Gasteiger partial charge in [0, 0.05) is 10.5 Å². The molecule has 0 heterocycles. The van der Waals surface area contributed by atoms with Gasteiger partial charge in [0.15, 0.2) is 5.75 Å². The van der Waals surface area contributed by atoms with Crippen LogP contribution in [0.15, 0.2) is 24.3 Å². The highest BCUT2D eigenvalue weighted by atomic mass is 127. The molecule has 0 aliphatic rings. The lowest BCUT2D eigenvalue weighted by atomic mass is 10.3. The van der Waals surface area contributed by atoms with Crippen LogP contribution in [-0.4, -0.2) is 16.0 Å². The van der Waals surface area contributed by atoms with Crippen molar-refractivity contribution < 1.29 is 9.66 Å². The first-order valence-electron chi connectivity index (χ1n) is 3.68. The zero-order chi connectivity index (χ0) is 9.68. The van der Waals surface area contributed by atoms with Gasteiger partial charge in [0.2, 0.25) is 0 Å². The van der Waals surface area contributed by atoms with E-state index >= 15 is 0 Å². The molecule has 0 aromatic heterocycles. The summed E-state index contributed by atoms with van der Waals surface area (Å²) < 4.78 is 6.01. The van der Waals surface area contributed by atoms with Crippen molar-refractivity contribution in [2.45, 2.75) is 0 Å². The van der Waals surface area contributed by atoms with E-state index in [0.717, 1.165) is 4.43 Å². The molecule has 0 amide bonds. The Bertz CT molecular complexity index is 303. The number of benzene rings is 1. The molecular weight excluding hydrogens is 285 g/mol. The van der Waals surface area contributed by atoms with Gasteiger partial charge in [-0.2, -0.15) is 0 Å². The van der Waals surface area contributed by atoms with E-state index < -0.39 is 4.92 Å². The number of hydrogen-bond acceptors (Lipinski definition) is 3. The average molecular weight is 293 g/mol. The summed E-state index contributed by atoms with van der Waals surface area (Å²) in [4.78, 5) is 10.1. The molecule has 0 unspecified atom stereocenters. The predicted molar refractivity (Wildman–Crippen MR) is 57.5 cm³/mol. The first-order chi connectivity index (χ1) is 6.25. The van der Waals surface area contributed by atoms with E-state index in [2.05, 4.69) is 22.6 Å². The van der Waals surface area contributed by atoms with Crippen molar-refractivity contribution in [1.82, 2.24) is 0 Å². The number of rotatable bonds is 4. The monoisotopic (exact) mass is 293 g/mol. The van der Waals surface area contributed by atoms with E-state index in [0.29, 0.717) is 12.4 Å². The van der Waals surface area contributed by atoms with Crippen LogP contribution in [-0.2, 0) is 0 Å². The molecule has 13 heavy (non-hydrogen) atoms. The maximum absolute atomic E-state index is 10.5. The van der Waals surface area contributed by atoms with Crippen LogP contribution in [0.2, 0.25) is 0 Å². The maximum Gasteiger partial charge on any atom is 0.310 e. The quantitative estimate of drug-likeness (QED) is 0.371. The largest absolute Gasteiger partial charge is 0.486 e. The minimum Gasteiger partial charge on any atom is -0.486 e. The number of nitro benzene ring substituents is 1. The van der Waals surface area contributed by atoms with E-state index in [1.54, 1.807) is 18.2 Å². The molecule has 0 saturated heterocycles. The second kappa shape index (κ2) is 5.00. The summed E-state index contributed by atoms with van der Waals surface area (Å²) >= 11 is 2.15. The summed E-state index contributed by atoms with van der Waals surface area (Å²) in [6.45, 7) is 0.491. The van der Waals surface area contributed by atoms with Gasteiger partial charge in [0.25, 0.3) is 0 Å². The van der Waals surface area contributed by atoms with Crippen molar-refractivity contribution in [2.24, 2.45) is 0 Å². The molecule has 0 aliphatic carbocycles. The summed E-state index contributed by atoms with van der Waals surface area (Å²) in [6.07, 6.45) is 0. The lowest BCUT2D eigenvalue weighted by Gasteiger charge is -2.03. The molecule has 0 spiro atoms. The molecule has 1 aromatic carbocycles. The van der Waals surface area contributed by atoms with Crippen molar-refractivity contribution in [1.29, 1.82) is 0 Å². The number of alkyl halides is 1. The average Bonchev–Trinajstić information content (AvgIpc) is 2.15. The second-order valence-corrected chi connectivity index (χ2v) is 3.34. The predicted octanol–water partition coefficient (Wildman–Crippen LogP) is 2.41. The number of para-hydroxylation sites is 2. The number of nitro groups is 1. The van der Waals surface area contributed by atoms with Crippen LogP contribution < -0.4 is 4.74 Å². The van der Waals surface area contributed by atoms with E-state index in [4.69, 9.17) is 4.74 Å². The summed E-state index contributed by atoms with van der Waals surface area (Å²) in [7, 11) is 0. The fourth-order valence-electron chi connectivity index (χ4n) is 0.879. The van der Waals surface area contributed by atoms with Gasteiger partial charge in [-0.05, 0) is 6.07 Å². The highest BCUT2D eigenvalue weighted by Crippen LogP contribution is 2.25. The van der Waals surface area contributed by atoms with Crippen molar-refractivity contribution in [2.75, 3.05) is 11.0 Å². The lowest BCUT2D eigenvalue weighted by Crippen LogP contribution is -2.00. The molecule has 1 aromatic rings. The van der Waals surface area contributed by atoms with Crippen molar-refractivity contribution in [3.63, 3.8) is 0 Å². The zero-order valence-electron chi connectivity index (χ0n) is 6.77. The van der Waals surface area contributed by atoms with Gasteiger partial charge in [-0.1, -0.05) is 34.7 Å². The van der Waals surface area contributed by atoms with Gasteiger partial charge in [0.1, 0.15) is 0 Å². The first kappa shape index (κ1) is 10.2. The van der Waals surface area contributed by atoms with E-state index in [9.17, 15) is 10.1 Å². The third-order valence-corrected chi connectivity index (χ3v) is 1.84. The molecule has 0 radical (unpaired) electrons. The summed E-state index contributed by atoms with van der Waals surface area (Å²) in [6, 6.07) is 6.37. The normalized spacial score (nSPS) is 9.62. The fraction of sp³-hybridized carbons (Fsp3) is 0.250. The maximum atomic E-state index is 10.5. The zero-order valence-corrected chi connectivity index (χ0v) is 8.93. The smallest absolute Gasteiger partial charge is 0.310 e. The molecule has 70 valence electrons. The van der Waals surface area contributed by atoms with Crippen LogP contribution in [0.3, 0.4) is 0 Å². The second-order valence-electron chi connectivity index (χ2n) is 2.26. The highest BCUT2D eigenvalue weighted by Gasteiger charge is 2.12. The number of ether oxygens (including phenoxy) is 1. The van der Waals surface area contributed by atoms with Gasteiger partial charge < -0.3 is 4.74 Å². The van der Waals surface area contributed by atoms with Crippen molar-refractivity contribution >= 4 is 28.3 Å². The molecule has 4 nitrogen and oxygen atoms in total. The fourth-order valence-corrected chi connectivity index (χ4v) is 1.10. The molecular formula is C8H8INO3. The molecule has 0 saturated carbocycles. The Morgan fingerprint density at radius 2 is 2.15 bits per heavy atom. The van der Waals surface area contributed by atoms with Gasteiger partial charge >= 0.3 is 5.69 Å². The summed E-state index contributed by atoms with van der Waals surface area (Å²) in [5.41, 5.74) is 0.0207. The van der Waals surface area contributed by atoms with Gasteiger partial charge in [-0.3, -0.25) is 10.1 Å². The molecule has 0 fully saturated rings. The Kier molecular flexibility index (Phi) is 3.94. The van der Waals surface area contributed by atoms with E-state index in [1.807, 2.05) is 0 Å². The van der Waals surface area contributed by atoms with Crippen LogP contribution in [0, 0.1) is 10.1 Å².